The number of rotatable bonds is 8. The summed E-state index contributed by atoms with van der Waals surface area (Å²) in [6.45, 7) is 16.9. The van der Waals surface area contributed by atoms with Crippen LogP contribution in [0.2, 0.25) is 0 Å². The maximum Gasteiger partial charge on any atom is 0.0732 e. The average Bonchev–Trinajstić information content (AvgIpc) is 2.38. The summed E-state index contributed by atoms with van der Waals surface area (Å²) in [6, 6.07) is 0.513. The summed E-state index contributed by atoms with van der Waals surface area (Å²) in [4.78, 5) is 0. The van der Waals surface area contributed by atoms with Gasteiger partial charge in [0.15, 0.2) is 0 Å². The van der Waals surface area contributed by atoms with E-state index in [2.05, 4.69) is 46.9 Å². The smallest absolute Gasteiger partial charge is 0.0732 e. The monoisotopic (exact) mass is 299 g/mol. The van der Waals surface area contributed by atoms with E-state index in [0.29, 0.717) is 30.1 Å². The van der Waals surface area contributed by atoms with Gasteiger partial charge in [0, 0.05) is 12.6 Å². The first-order valence-electron chi connectivity index (χ1n) is 8.77. The summed E-state index contributed by atoms with van der Waals surface area (Å²) in [6.07, 6.45) is 4.05. The highest BCUT2D eigenvalue weighted by atomic mass is 16.5. The van der Waals surface area contributed by atoms with Crippen LogP contribution in [-0.4, -0.2) is 38.5 Å². The Morgan fingerprint density at radius 2 is 1.86 bits per heavy atom. The van der Waals surface area contributed by atoms with Crippen LogP contribution in [0.3, 0.4) is 0 Å². The molecule has 0 aromatic heterocycles. The molecule has 0 aliphatic heterocycles. The number of hydrogen-bond acceptors (Lipinski definition) is 3. The van der Waals surface area contributed by atoms with Gasteiger partial charge < -0.3 is 14.8 Å². The average molecular weight is 299 g/mol. The van der Waals surface area contributed by atoms with Crippen LogP contribution in [0.1, 0.15) is 60.8 Å². The Balaban J connectivity index is 2.40. The third-order valence-electron chi connectivity index (χ3n) is 4.49. The first-order valence-corrected chi connectivity index (χ1v) is 8.77. The molecule has 0 saturated heterocycles. The highest BCUT2D eigenvalue weighted by Crippen LogP contribution is 2.38. The fourth-order valence-corrected chi connectivity index (χ4v) is 3.17. The Hall–Kier alpha value is -0.120. The quantitative estimate of drug-likeness (QED) is 0.690. The lowest BCUT2D eigenvalue weighted by Crippen LogP contribution is -2.47. The molecule has 3 atom stereocenters. The molecule has 3 heteroatoms. The van der Waals surface area contributed by atoms with Crippen LogP contribution < -0.4 is 5.32 Å². The van der Waals surface area contributed by atoms with E-state index in [1.54, 1.807) is 0 Å². The summed E-state index contributed by atoms with van der Waals surface area (Å²) in [5, 5.41) is 3.60. The van der Waals surface area contributed by atoms with Gasteiger partial charge in [-0.15, -0.1) is 0 Å². The zero-order chi connectivity index (χ0) is 15.9. The molecule has 1 fully saturated rings. The molecule has 0 amide bonds. The minimum atomic E-state index is 0.338. The van der Waals surface area contributed by atoms with E-state index >= 15 is 0 Å². The van der Waals surface area contributed by atoms with Gasteiger partial charge in [0.2, 0.25) is 0 Å². The lowest BCUT2D eigenvalue weighted by atomic mass is 9.70. The summed E-state index contributed by atoms with van der Waals surface area (Å²) >= 11 is 0. The van der Waals surface area contributed by atoms with E-state index in [-0.39, 0.29) is 0 Å². The van der Waals surface area contributed by atoms with Crippen LogP contribution in [0.25, 0.3) is 0 Å². The summed E-state index contributed by atoms with van der Waals surface area (Å²) in [5.41, 5.74) is 0.382. The minimum absolute atomic E-state index is 0.338. The van der Waals surface area contributed by atoms with E-state index in [4.69, 9.17) is 9.47 Å². The second-order valence-electron chi connectivity index (χ2n) is 7.92. The van der Waals surface area contributed by atoms with Crippen molar-refractivity contribution in [1.82, 2.24) is 5.32 Å². The molecule has 0 heterocycles. The predicted molar refractivity (Wildman–Crippen MR) is 89.7 cm³/mol. The van der Waals surface area contributed by atoms with E-state index < -0.39 is 0 Å². The van der Waals surface area contributed by atoms with Crippen molar-refractivity contribution in [3.8, 4) is 0 Å². The van der Waals surface area contributed by atoms with Gasteiger partial charge in [-0.1, -0.05) is 41.5 Å². The number of ether oxygens (including phenoxy) is 2. The summed E-state index contributed by atoms with van der Waals surface area (Å²) in [7, 11) is 0. The van der Waals surface area contributed by atoms with Gasteiger partial charge in [0.05, 0.1) is 19.3 Å². The van der Waals surface area contributed by atoms with Crippen molar-refractivity contribution >= 4 is 0 Å². The first kappa shape index (κ1) is 18.9. The zero-order valence-electron chi connectivity index (χ0n) is 15.1. The molecule has 0 radical (unpaired) electrons. The second kappa shape index (κ2) is 9.12. The van der Waals surface area contributed by atoms with Gasteiger partial charge in [-0.2, -0.15) is 0 Å². The van der Waals surface area contributed by atoms with Crippen molar-refractivity contribution in [3.05, 3.63) is 0 Å². The van der Waals surface area contributed by atoms with E-state index in [1.165, 1.54) is 19.3 Å². The molecule has 1 rings (SSSR count). The molecular weight excluding hydrogens is 262 g/mol. The van der Waals surface area contributed by atoms with E-state index in [0.717, 1.165) is 25.7 Å². The van der Waals surface area contributed by atoms with Crippen molar-refractivity contribution in [2.24, 2.45) is 17.3 Å². The number of nitrogens with one attached hydrogen (secondary N) is 1. The van der Waals surface area contributed by atoms with Crippen LogP contribution in [0.15, 0.2) is 0 Å². The van der Waals surface area contributed by atoms with Gasteiger partial charge in [-0.3, -0.25) is 0 Å². The van der Waals surface area contributed by atoms with Gasteiger partial charge >= 0.3 is 0 Å². The lowest BCUT2D eigenvalue weighted by Gasteiger charge is -2.42. The molecule has 3 nitrogen and oxygen atoms in total. The number of likely N-dealkylation sites (N-methyl/N-ethyl adjacent to an activating group) is 1. The largest absolute Gasteiger partial charge is 0.379 e. The molecule has 0 bridgehead atoms. The topological polar surface area (TPSA) is 30.5 Å². The third kappa shape index (κ3) is 7.12. The van der Waals surface area contributed by atoms with Crippen LogP contribution in [0.4, 0.5) is 0 Å². The highest BCUT2D eigenvalue weighted by Gasteiger charge is 2.35. The summed E-state index contributed by atoms with van der Waals surface area (Å²) < 4.78 is 11.8. The third-order valence-corrected chi connectivity index (χ3v) is 4.49. The first-order chi connectivity index (χ1) is 9.84. The Morgan fingerprint density at radius 1 is 1.14 bits per heavy atom. The van der Waals surface area contributed by atoms with Crippen LogP contribution in [0, 0.1) is 17.3 Å². The second-order valence-corrected chi connectivity index (χ2v) is 7.92. The minimum Gasteiger partial charge on any atom is -0.379 e. The standard InChI is InChI=1S/C18H37NO2/c1-7-19-16-9-8-15(18(4,5)6)12-17(16)21-11-10-20-13-14(2)3/h14-17,19H,7-13H2,1-6H3. The van der Waals surface area contributed by atoms with Crippen LogP contribution in [0.5, 0.6) is 0 Å². The molecule has 0 aromatic rings. The Labute approximate surface area is 132 Å². The van der Waals surface area contributed by atoms with Gasteiger partial charge in [0.25, 0.3) is 0 Å². The molecular formula is C18H37NO2. The van der Waals surface area contributed by atoms with Gasteiger partial charge in [0.1, 0.15) is 0 Å². The molecule has 1 aliphatic rings. The summed E-state index contributed by atoms with van der Waals surface area (Å²) in [5.74, 6) is 1.36. The lowest BCUT2D eigenvalue weighted by molar-refractivity contribution is -0.0501. The molecule has 1 N–H and O–H groups in total. The van der Waals surface area contributed by atoms with Crippen LogP contribution >= 0.6 is 0 Å². The molecule has 1 aliphatic carbocycles. The molecule has 3 unspecified atom stereocenters. The molecule has 126 valence electrons. The van der Waals surface area contributed by atoms with Crippen molar-refractivity contribution in [1.29, 1.82) is 0 Å². The molecule has 0 spiro atoms. The molecule has 1 saturated carbocycles. The van der Waals surface area contributed by atoms with Crippen molar-refractivity contribution in [3.63, 3.8) is 0 Å². The van der Waals surface area contributed by atoms with Crippen LogP contribution in [-0.2, 0) is 9.47 Å². The van der Waals surface area contributed by atoms with E-state index in [9.17, 15) is 0 Å². The van der Waals surface area contributed by atoms with E-state index in [1.807, 2.05) is 0 Å². The van der Waals surface area contributed by atoms with Crippen molar-refractivity contribution in [2.75, 3.05) is 26.4 Å². The SMILES string of the molecule is CCNC1CCC(C(C)(C)C)CC1OCCOCC(C)C. The Bertz CT molecular complexity index is 273. The Kier molecular flexibility index (Phi) is 8.22. The zero-order valence-corrected chi connectivity index (χ0v) is 15.1. The van der Waals surface area contributed by atoms with Gasteiger partial charge in [-0.05, 0) is 43.1 Å². The molecule has 0 aromatic carbocycles. The Morgan fingerprint density at radius 3 is 2.43 bits per heavy atom. The van der Waals surface area contributed by atoms with Crippen molar-refractivity contribution in [2.45, 2.75) is 73.0 Å². The van der Waals surface area contributed by atoms with Gasteiger partial charge in [-0.25, -0.2) is 0 Å². The fraction of sp³-hybridized carbons (Fsp3) is 1.00. The maximum absolute atomic E-state index is 6.17. The fourth-order valence-electron chi connectivity index (χ4n) is 3.17. The maximum atomic E-state index is 6.17. The van der Waals surface area contributed by atoms with Crippen molar-refractivity contribution < 1.29 is 9.47 Å². The predicted octanol–water partition coefficient (Wildman–Crippen LogP) is 3.87. The molecule has 21 heavy (non-hydrogen) atoms. The number of hydrogen-bond donors (Lipinski definition) is 1. The normalized spacial score (nSPS) is 27.3. The highest BCUT2D eigenvalue weighted by molar-refractivity contribution is 4.89.